The van der Waals surface area contributed by atoms with E-state index in [9.17, 15) is 14.4 Å². The minimum atomic E-state index is -1.03. The van der Waals surface area contributed by atoms with Gasteiger partial charge in [0.15, 0.2) is 6.10 Å². The monoisotopic (exact) mass is 346 g/mol. The van der Waals surface area contributed by atoms with E-state index < -0.39 is 24.0 Å². The van der Waals surface area contributed by atoms with Gasteiger partial charge in [-0.2, -0.15) is 0 Å². The molecule has 1 aromatic heterocycles. The summed E-state index contributed by atoms with van der Waals surface area (Å²) in [5, 5.41) is 3.30. The third kappa shape index (κ3) is 3.42. The molecule has 8 heteroatoms. The number of ether oxygens (including phenoxy) is 2. The van der Waals surface area contributed by atoms with Gasteiger partial charge in [-0.1, -0.05) is 0 Å². The molecule has 8 nitrogen and oxygen atoms in total. The van der Waals surface area contributed by atoms with E-state index in [1.807, 2.05) is 0 Å². The number of urea groups is 1. The van der Waals surface area contributed by atoms with Crippen LogP contribution in [0.15, 0.2) is 28.9 Å². The predicted molar refractivity (Wildman–Crippen MR) is 87.1 cm³/mol. The third-order valence-electron chi connectivity index (χ3n) is 3.98. The molecule has 1 N–H and O–H groups in total. The number of nitrogens with zero attached hydrogens (tertiary/aromatic N) is 1. The van der Waals surface area contributed by atoms with E-state index in [0.717, 1.165) is 10.3 Å². The minimum absolute atomic E-state index is 0.0385. The highest BCUT2D eigenvalue weighted by molar-refractivity contribution is 5.98. The number of amides is 3. The van der Waals surface area contributed by atoms with Crippen molar-refractivity contribution in [3.8, 4) is 5.75 Å². The maximum absolute atomic E-state index is 12.1. The SMILES string of the molecule is COc1ccc2c(CC(=O)OC(C)C(=O)N3CCNC3=O)coc2c1. The normalized spacial score (nSPS) is 15.1. The summed E-state index contributed by atoms with van der Waals surface area (Å²) in [6, 6.07) is 4.82. The van der Waals surface area contributed by atoms with Gasteiger partial charge in [-0.3, -0.25) is 14.5 Å². The topological polar surface area (TPSA) is 98.1 Å². The number of esters is 1. The lowest BCUT2D eigenvalue weighted by Gasteiger charge is -2.18. The molecule has 0 radical (unpaired) electrons. The number of carbonyl (C=O) groups excluding carboxylic acids is 3. The molecule has 3 rings (SSSR count). The summed E-state index contributed by atoms with van der Waals surface area (Å²) in [7, 11) is 1.56. The molecule has 1 saturated heterocycles. The number of imide groups is 1. The van der Waals surface area contributed by atoms with Crippen LogP contribution < -0.4 is 10.1 Å². The van der Waals surface area contributed by atoms with E-state index in [1.165, 1.54) is 13.2 Å². The highest BCUT2D eigenvalue weighted by atomic mass is 16.5. The van der Waals surface area contributed by atoms with Crippen molar-refractivity contribution < 1.29 is 28.3 Å². The molecule has 1 unspecified atom stereocenters. The maximum Gasteiger partial charge on any atom is 0.324 e. The van der Waals surface area contributed by atoms with Crippen LogP contribution in [0.3, 0.4) is 0 Å². The van der Waals surface area contributed by atoms with Crippen molar-refractivity contribution in [2.24, 2.45) is 0 Å². The fourth-order valence-corrected chi connectivity index (χ4v) is 2.67. The van der Waals surface area contributed by atoms with Crippen molar-refractivity contribution in [3.05, 3.63) is 30.0 Å². The lowest BCUT2D eigenvalue weighted by Crippen LogP contribution is -2.42. The van der Waals surface area contributed by atoms with Gasteiger partial charge in [0.05, 0.1) is 19.8 Å². The van der Waals surface area contributed by atoms with Crippen molar-refractivity contribution in [2.45, 2.75) is 19.4 Å². The first-order valence-corrected chi connectivity index (χ1v) is 7.82. The molecular weight excluding hydrogens is 328 g/mol. The molecular formula is C17H18N2O6. The van der Waals surface area contributed by atoms with E-state index in [2.05, 4.69) is 5.32 Å². The van der Waals surface area contributed by atoms with Crippen LogP contribution in [-0.2, 0) is 20.7 Å². The van der Waals surface area contributed by atoms with Crippen LogP contribution in [0.1, 0.15) is 12.5 Å². The number of furan rings is 1. The maximum atomic E-state index is 12.1. The van der Waals surface area contributed by atoms with Gasteiger partial charge in [0, 0.05) is 30.1 Å². The summed E-state index contributed by atoms with van der Waals surface area (Å²) in [4.78, 5) is 36.8. The van der Waals surface area contributed by atoms with Crippen molar-refractivity contribution >= 4 is 28.9 Å². The van der Waals surface area contributed by atoms with Gasteiger partial charge in [-0.15, -0.1) is 0 Å². The Morgan fingerprint density at radius 3 is 2.88 bits per heavy atom. The zero-order valence-corrected chi connectivity index (χ0v) is 13.9. The summed E-state index contributed by atoms with van der Waals surface area (Å²) in [6.45, 7) is 2.12. The van der Waals surface area contributed by atoms with Gasteiger partial charge < -0.3 is 19.2 Å². The Kier molecular flexibility index (Phi) is 4.60. The fraction of sp³-hybridized carbons (Fsp3) is 0.353. The lowest BCUT2D eigenvalue weighted by atomic mass is 10.1. The number of benzene rings is 1. The fourth-order valence-electron chi connectivity index (χ4n) is 2.67. The largest absolute Gasteiger partial charge is 0.497 e. The Morgan fingerprint density at radius 1 is 1.40 bits per heavy atom. The molecule has 1 fully saturated rings. The minimum Gasteiger partial charge on any atom is -0.497 e. The van der Waals surface area contributed by atoms with Crippen molar-refractivity contribution in [1.29, 1.82) is 0 Å². The van der Waals surface area contributed by atoms with Crippen molar-refractivity contribution in [1.82, 2.24) is 10.2 Å². The number of rotatable bonds is 5. The van der Waals surface area contributed by atoms with E-state index >= 15 is 0 Å². The van der Waals surface area contributed by atoms with Crippen LogP contribution in [-0.4, -0.2) is 49.1 Å². The quantitative estimate of drug-likeness (QED) is 0.823. The number of hydrogen-bond donors (Lipinski definition) is 1. The van der Waals surface area contributed by atoms with Gasteiger partial charge in [-0.05, 0) is 19.1 Å². The Hall–Kier alpha value is -3.03. The van der Waals surface area contributed by atoms with E-state index in [0.29, 0.717) is 23.4 Å². The van der Waals surface area contributed by atoms with E-state index in [4.69, 9.17) is 13.9 Å². The van der Waals surface area contributed by atoms with E-state index in [1.54, 1.807) is 25.3 Å². The highest BCUT2D eigenvalue weighted by Gasteiger charge is 2.31. The molecule has 0 aliphatic carbocycles. The average molecular weight is 346 g/mol. The first-order valence-electron chi connectivity index (χ1n) is 7.82. The number of hydrogen-bond acceptors (Lipinski definition) is 6. The van der Waals surface area contributed by atoms with Crippen LogP contribution in [0.5, 0.6) is 5.75 Å². The molecule has 0 spiro atoms. The summed E-state index contributed by atoms with van der Waals surface area (Å²) in [5.74, 6) is -0.455. The number of methoxy groups -OCH3 is 1. The van der Waals surface area contributed by atoms with Crippen LogP contribution in [0, 0.1) is 0 Å². The molecule has 132 valence electrons. The molecule has 2 aromatic rings. The number of fused-ring (bicyclic) bond motifs is 1. The van der Waals surface area contributed by atoms with Gasteiger partial charge in [0.2, 0.25) is 0 Å². The first kappa shape index (κ1) is 16.8. The predicted octanol–water partition coefficient (Wildman–Crippen LogP) is 1.47. The molecule has 1 atom stereocenters. The molecule has 0 saturated carbocycles. The van der Waals surface area contributed by atoms with Crippen LogP contribution in [0.2, 0.25) is 0 Å². The standard InChI is InChI=1S/C17H18N2O6/c1-10(16(21)19-6-5-18-17(19)22)25-15(20)7-11-9-24-14-8-12(23-2)3-4-13(11)14/h3-4,8-10H,5-7H2,1-2H3,(H,18,22). The Morgan fingerprint density at radius 2 is 2.20 bits per heavy atom. The highest BCUT2D eigenvalue weighted by Crippen LogP contribution is 2.26. The smallest absolute Gasteiger partial charge is 0.324 e. The Bertz CT molecular complexity index is 828. The van der Waals surface area contributed by atoms with Crippen LogP contribution >= 0.6 is 0 Å². The van der Waals surface area contributed by atoms with Gasteiger partial charge >= 0.3 is 12.0 Å². The van der Waals surface area contributed by atoms with E-state index in [-0.39, 0.29) is 13.0 Å². The first-order chi connectivity index (χ1) is 12.0. The summed E-state index contributed by atoms with van der Waals surface area (Å²) < 4.78 is 15.7. The van der Waals surface area contributed by atoms with Crippen LogP contribution in [0.25, 0.3) is 11.0 Å². The zero-order valence-electron chi connectivity index (χ0n) is 13.9. The second-order valence-electron chi connectivity index (χ2n) is 5.65. The summed E-state index contributed by atoms with van der Waals surface area (Å²) in [5.41, 5.74) is 1.25. The molecule has 1 aromatic carbocycles. The molecule has 25 heavy (non-hydrogen) atoms. The second kappa shape index (κ2) is 6.84. The number of nitrogens with one attached hydrogen (secondary N) is 1. The Balaban J connectivity index is 1.64. The van der Waals surface area contributed by atoms with Gasteiger partial charge in [0.25, 0.3) is 5.91 Å². The molecule has 0 bridgehead atoms. The molecule has 1 aliphatic rings. The van der Waals surface area contributed by atoms with Crippen LogP contribution in [0.4, 0.5) is 4.79 Å². The third-order valence-corrected chi connectivity index (χ3v) is 3.98. The molecule has 2 heterocycles. The Labute approximate surface area is 143 Å². The molecule has 1 aliphatic heterocycles. The summed E-state index contributed by atoms with van der Waals surface area (Å²) >= 11 is 0. The second-order valence-corrected chi connectivity index (χ2v) is 5.65. The van der Waals surface area contributed by atoms with Gasteiger partial charge in [-0.25, -0.2) is 4.79 Å². The lowest BCUT2D eigenvalue weighted by molar-refractivity contribution is -0.156. The van der Waals surface area contributed by atoms with Crippen molar-refractivity contribution in [3.63, 3.8) is 0 Å². The zero-order chi connectivity index (χ0) is 18.0. The summed E-state index contributed by atoms with van der Waals surface area (Å²) in [6.07, 6.45) is 0.407. The van der Waals surface area contributed by atoms with Gasteiger partial charge in [0.1, 0.15) is 11.3 Å². The van der Waals surface area contributed by atoms with Crippen molar-refractivity contribution in [2.75, 3.05) is 20.2 Å². The number of carbonyl (C=O) groups is 3. The average Bonchev–Trinajstić information content (AvgIpc) is 3.20. The molecule has 3 amide bonds.